The van der Waals surface area contributed by atoms with Gasteiger partial charge in [0.15, 0.2) is 0 Å². The Kier molecular flexibility index (Phi) is 6.10. The van der Waals surface area contributed by atoms with Gasteiger partial charge in [-0.25, -0.2) is 4.79 Å². The van der Waals surface area contributed by atoms with Gasteiger partial charge in [0.05, 0.1) is 5.56 Å². The monoisotopic (exact) mass is 419 g/mol. The van der Waals surface area contributed by atoms with Gasteiger partial charge in [0.2, 0.25) is 0 Å². The van der Waals surface area contributed by atoms with Gasteiger partial charge in [-0.3, -0.25) is 0 Å². The predicted molar refractivity (Wildman–Crippen MR) is 124 cm³/mol. The number of nitrogens with zero attached hydrogens (tertiary/aromatic N) is 1. The molecule has 0 bridgehead atoms. The standard InChI is InChI=1S/C26H26ClNO2/c1-18(24-4-2-3-5-25(24)20-6-10-22(27)11-7-20)19-14-16-28(17-15-19)23-12-8-21(9-13-23)26(29)30/h2-13,18-19H,14-17H2,1H3,(H,29,30). The van der Waals surface area contributed by atoms with Gasteiger partial charge < -0.3 is 10.0 Å². The van der Waals surface area contributed by atoms with Crippen LogP contribution >= 0.6 is 11.6 Å². The second kappa shape index (κ2) is 8.93. The summed E-state index contributed by atoms with van der Waals surface area (Å²) in [6, 6.07) is 24.0. The lowest BCUT2D eigenvalue weighted by molar-refractivity contribution is 0.0697. The number of carbonyl (C=O) groups is 1. The van der Waals surface area contributed by atoms with Gasteiger partial charge in [-0.2, -0.15) is 0 Å². The van der Waals surface area contributed by atoms with E-state index in [0.29, 0.717) is 17.4 Å². The van der Waals surface area contributed by atoms with Crippen LogP contribution in [0.2, 0.25) is 5.02 Å². The number of aromatic carboxylic acids is 1. The Morgan fingerprint density at radius 2 is 1.60 bits per heavy atom. The molecule has 3 nitrogen and oxygen atoms in total. The fraction of sp³-hybridized carbons (Fsp3) is 0.269. The number of benzene rings is 3. The van der Waals surface area contributed by atoms with Crippen molar-refractivity contribution < 1.29 is 9.90 Å². The zero-order valence-corrected chi connectivity index (χ0v) is 17.8. The van der Waals surface area contributed by atoms with E-state index in [9.17, 15) is 4.79 Å². The molecule has 3 aromatic rings. The van der Waals surface area contributed by atoms with Crippen molar-refractivity contribution in [2.75, 3.05) is 18.0 Å². The van der Waals surface area contributed by atoms with Gasteiger partial charge in [-0.1, -0.05) is 54.9 Å². The number of carboxylic acids is 1. The first kappa shape index (κ1) is 20.5. The van der Waals surface area contributed by atoms with Crippen molar-refractivity contribution >= 4 is 23.3 Å². The first-order chi connectivity index (χ1) is 14.5. The molecule has 0 aliphatic carbocycles. The van der Waals surface area contributed by atoms with Crippen molar-refractivity contribution in [3.05, 3.63) is 88.9 Å². The average molecular weight is 420 g/mol. The van der Waals surface area contributed by atoms with Crippen LogP contribution < -0.4 is 4.90 Å². The van der Waals surface area contributed by atoms with Crippen molar-refractivity contribution in [2.24, 2.45) is 5.92 Å². The summed E-state index contributed by atoms with van der Waals surface area (Å²) in [4.78, 5) is 13.4. The van der Waals surface area contributed by atoms with Crippen LogP contribution in [0.15, 0.2) is 72.8 Å². The third-order valence-corrected chi connectivity index (χ3v) is 6.58. The van der Waals surface area contributed by atoms with Crippen LogP contribution in [0, 0.1) is 5.92 Å². The zero-order valence-electron chi connectivity index (χ0n) is 17.1. The summed E-state index contributed by atoms with van der Waals surface area (Å²) in [5.41, 5.74) is 5.32. The Bertz CT molecular complexity index is 1010. The largest absolute Gasteiger partial charge is 0.478 e. The summed E-state index contributed by atoms with van der Waals surface area (Å²) in [5.74, 6) is 0.204. The van der Waals surface area contributed by atoms with Gasteiger partial charge in [-0.05, 0) is 77.8 Å². The molecular formula is C26H26ClNO2. The van der Waals surface area contributed by atoms with Gasteiger partial charge in [-0.15, -0.1) is 0 Å². The van der Waals surface area contributed by atoms with Crippen LogP contribution in [0.4, 0.5) is 5.69 Å². The number of halogens is 1. The number of hydrogen-bond donors (Lipinski definition) is 1. The highest BCUT2D eigenvalue weighted by Crippen LogP contribution is 2.38. The molecule has 0 amide bonds. The second-order valence-corrected chi connectivity index (χ2v) is 8.50. The van der Waals surface area contributed by atoms with E-state index in [4.69, 9.17) is 16.7 Å². The number of carboxylic acid groups (broad SMARTS) is 1. The molecule has 1 atom stereocenters. The van der Waals surface area contributed by atoms with E-state index in [1.807, 2.05) is 24.3 Å². The van der Waals surface area contributed by atoms with Gasteiger partial charge in [0.1, 0.15) is 0 Å². The maximum absolute atomic E-state index is 11.1. The van der Waals surface area contributed by atoms with E-state index in [1.165, 1.54) is 16.7 Å². The molecule has 0 aromatic heterocycles. The van der Waals surface area contributed by atoms with Crippen LogP contribution in [0.1, 0.15) is 41.6 Å². The SMILES string of the molecule is CC(c1ccccc1-c1ccc(Cl)cc1)C1CCN(c2ccc(C(=O)O)cc2)CC1. The van der Waals surface area contributed by atoms with Crippen molar-refractivity contribution in [1.82, 2.24) is 0 Å². The maximum Gasteiger partial charge on any atom is 0.335 e. The Hall–Kier alpha value is -2.78. The van der Waals surface area contributed by atoms with E-state index in [1.54, 1.807) is 12.1 Å². The Balaban J connectivity index is 1.46. The lowest BCUT2D eigenvalue weighted by Gasteiger charge is -2.37. The molecule has 4 rings (SSSR count). The minimum atomic E-state index is -0.881. The topological polar surface area (TPSA) is 40.5 Å². The van der Waals surface area contributed by atoms with Gasteiger partial charge in [0.25, 0.3) is 0 Å². The summed E-state index contributed by atoms with van der Waals surface area (Å²) in [7, 11) is 0. The number of hydrogen-bond acceptors (Lipinski definition) is 2. The molecule has 1 aliphatic heterocycles. The normalized spacial score (nSPS) is 15.7. The molecule has 1 N–H and O–H groups in total. The van der Waals surface area contributed by atoms with Crippen LogP contribution in [0.25, 0.3) is 11.1 Å². The highest BCUT2D eigenvalue weighted by molar-refractivity contribution is 6.30. The first-order valence-corrected chi connectivity index (χ1v) is 10.8. The molecule has 154 valence electrons. The molecule has 1 saturated heterocycles. The summed E-state index contributed by atoms with van der Waals surface area (Å²) in [6.45, 7) is 4.33. The minimum absolute atomic E-state index is 0.334. The Labute approximate surface area is 182 Å². The molecule has 3 aromatic carbocycles. The molecule has 0 radical (unpaired) electrons. The molecular weight excluding hydrogens is 394 g/mol. The van der Waals surface area contributed by atoms with Crippen LogP contribution in [0.5, 0.6) is 0 Å². The van der Waals surface area contributed by atoms with Gasteiger partial charge in [0, 0.05) is 23.8 Å². The lowest BCUT2D eigenvalue weighted by atomic mass is 9.78. The van der Waals surface area contributed by atoms with E-state index in [-0.39, 0.29) is 0 Å². The van der Waals surface area contributed by atoms with Gasteiger partial charge >= 0.3 is 5.97 Å². The van der Waals surface area contributed by atoms with Crippen molar-refractivity contribution in [2.45, 2.75) is 25.7 Å². The van der Waals surface area contributed by atoms with Crippen molar-refractivity contribution in [1.29, 1.82) is 0 Å². The highest BCUT2D eigenvalue weighted by Gasteiger charge is 2.26. The summed E-state index contributed by atoms with van der Waals surface area (Å²) in [5, 5.41) is 9.85. The smallest absolute Gasteiger partial charge is 0.335 e. The summed E-state index contributed by atoms with van der Waals surface area (Å²) < 4.78 is 0. The molecule has 1 heterocycles. The molecule has 30 heavy (non-hydrogen) atoms. The lowest BCUT2D eigenvalue weighted by Crippen LogP contribution is -2.35. The molecule has 0 saturated carbocycles. The molecule has 1 aliphatic rings. The molecule has 1 unspecified atom stereocenters. The Morgan fingerprint density at radius 3 is 2.23 bits per heavy atom. The fourth-order valence-corrected chi connectivity index (χ4v) is 4.64. The maximum atomic E-state index is 11.1. The third kappa shape index (κ3) is 4.36. The molecule has 4 heteroatoms. The summed E-state index contributed by atoms with van der Waals surface area (Å²) >= 11 is 6.08. The van der Waals surface area contributed by atoms with E-state index in [2.05, 4.69) is 48.2 Å². The fourth-order valence-electron chi connectivity index (χ4n) is 4.51. The van der Waals surface area contributed by atoms with Crippen LogP contribution in [0.3, 0.4) is 0 Å². The van der Waals surface area contributed by atoms with E-state index < -0.39 is 5.97 Å². The third-order valence-electron chi connectivity index (χ3n) is 6.33. The molecule has 0 spiro atoms. The Morgan fingerprint density at radius 1 is 0.967 bits per heavy atom. The number of rotatable bonds is 5. The van der Waals surface area contributed by atoms with Crippen LogP contribution in [-0.2, 0) is 0 Å². The molecule has 1 fully saturated rings. The average Bonchev–Trinajstić information content (AvgIpc) is 2.79. The van der Waals surface area contributed by atoms with Crippen molar-refractivity contribution in [3.63, 3.8) is 0 Å². The zero-order chi connectivity index (χ0) is 21.1. The second-order valence-electron chi connectivity index (χ2n) is 8.06. The quantitative estimate of drug-likeness (QED) is 0.498. The predicted octanol–water partition coefficient (Wildman–Crippen LogP) is 6.73. The first-order valence-electron chi connectivity index (χ1n) is 10.5. The van der Waals surface area contributed by atoms with Crippen LogP contribution in [-0.4, -0.2) is 24.2 Å². The highest BCUT2D eigenvalue weighted by atomic mass is 35.5. The van der Waals surface area contributed by atoms with Crippen molar-refractivity contribution in [3.8, 4) is 11.1 Å². The minimum Gasteiger partial charge on any atom is -0.478 e. The number of piperidine rings is 1. The van der Waals surface area contributed by atoms with E-state index >= 15 is 0 Å². The van der Waals surface area contributed by atoms with E-state index in [0.717, 1.165) is 36.6 Å². The summed E-state index contributed by atoms with van der Waals surface area (Å²) in [6.07, 6.45) is 2.24. The number of anilines is 1.